The molecule has 1 saturated heterocycles. The first-order valence-corrected chi connectivity index (χ1v) is 7.71. The van der Waals surface area contributed by atoms with Gasteiger partial charge in [0.1, 0.15) is 6.10 Å². The number of nitrogens with zero attached hydrogens (tertiary/aromatic N) is 4. The van der Waals surface area contributed by atoms with Crippen LogP contribution in [-0.4, -0.2) is 52.4 Å². The van der Waals surface area contributed by atoms with Gasteiger partial charge < -0.3 is 0 Å². The number of carbonyl (C=O) groups excluding carboxylic acids is 1. The van der Waals surface area contributed by atoms with E-state index in [0.29, 0.717) is 5.57 Å². The molecule has 0 bridgehead atoms. The number of carbonyl (C=O) groups is 1. The average molecular weight is 284 g/mol. The predicted molar refractivity (Wildman–Crippen MR) is 73.0 cm³/mol. The molecule has 3 heterocycles. The van der Waals surface area contributed by atoms with Crippen molar-refractivity contribution >= 4 is 37.8 Å². The Morgan fingerprint density at radius 3 is 3.17 bits per heavy atom. The molecule has 18 heavy (non-hydrogen) atoms. The number of fused-ring (bicyclic) bond motifs is 1. The van der Waals surface area contributed by atoms with Crippen LogP contribution in [0.4, 0.5) is 0 Å². The maximum Gasteiger partial charge on any atom is 0.279 e. The van der Waals surface area contributed by atoms with E-state index in [-0.39, 0.29) is 12.0 Å². The highest BCUT2D eigenvalue weighted by atomic mass is 33.1. The summed E-state index contributed by atoms with van der Waals surface area (Å²) in [5, 5.41) is 3.22. The number of aliphatic imine (C=N–C) groups is 2. The van der Waals surface area contributed by atoms with E-state index in [4.69, 9.17) is 4.84 Å². The van der Waals surface area contributed by atoms with Gasteiger partial charge in [-0.25, -0.2) is 0 Å². The molecule has 3 aliphatic rings. The van der Waals surface area contributed by atoms with Crippen molar-refractivity contribution < 1.29 is 9.63 Å². The predicted octanol–water partition coefficient (Wildman–Crippen LogP) is 1.08. The van der Waals surface area contributed by atoms with Crippen LogP contribution in [0.5, 0.6) is 0 Å². The van der Waals surface area contributed by atoms with E-state index < -0.39 is 0 Å². The van der Waals surface area contributed by atoms with Crippen LogP contribution in [0.1, 0.15) is 6.92 Å². The standard InChI is InChI=1S/C10H12N4O2S2/c1-6-7(5-13(2)16-6)8(15)12-10-14-4-3-11-9(14)17-18-10/h5-6H,3-4H2,1-2H3. The molecule has 3 aliphatic heterocycles. The Kier molecular flexibility index (Phi) is 3.08. The first-order chi connectivity index (χ1) is 8.65. The molecule has 1 fully saturated rings. The smallest absolute Gasteiger partial charge is 0.279 e. The van der Waals surface area contributed by atoms with Crippen molar-refractivity contribution in [2.75, 3.05) is 20.1 Å². The molecule has 8 heteroatoms. The molecular weight excluding hydrogens is 272 g/mol. The van der Waals surface area contributed by atoms with Crippen molar-refractivity contribution in [1.82, 2.24) is 9.96 Å². The molecule has 1 unspecified atom stereocenters. The van der Waals surface area contributed by atoms with Crippen LogP contribution < -0.4 is 0 Å². The lowest BCUT2D eigenvalue weighted by atomic mass is 10.2. The first-order valence-electron chi connectivity index (χ1n) is 5.56. The summed E-state index contributed by atoms with van der Waals surface area (Å²) >= 11 is 0. The van der Waals surface area contributed by atoms with Gasteiger partial charge in [0, 0.05) is 19.8 Å². The van der Waals surface area contributed by atoms with E-state index in [9.17, 15) is 4.79 Å². The van der Waals surface area contributed by atoms with Gasteiger partial charge >= 0.3 is 0 Å². The fraction of sp³-hybridized carbons (Fsp3) is 0.500. The van der Waals surface area contributed by atoms with Crippen LogP contribution in [0.15, 0.2) is 21.8 Å². The number of amidine groups is 2. The van der Waals surface area contributed by atoms with E-state index in [2.05, 4.69) is 9.98 Å². The van der Waals surface area contributed by atoms with Crippen molar-refractivity contribution in [3.05, 3.63) is 11.8 Å². The lowest BCUT2D eigenvalue weighted by molar-refractivity contribution is -0.120. The molecule has 0 aromatic rings. The number of hydrogen-bond donors (Lipinski definition) is 0. The maximum absolute atomic E-state index is 12.1. The SMILES string of the molecule is CC1ON(C)C=C1C(=O)N=C1SSC2=NCCN21. The van der Waals surface area contributed by atoms with Gasteiger partial charge in [0.2, 0.25) is 0 Å². The van der Waals surface area contributed by atoms with Gasteiger partial charge in [-0.3, -0.25) is 24.6 Å². The summed E-state index contributed by atoms with van der Waals surface area (Å²) in [7, 11) is 4.80. The maximum atomic E-state index is 12.1. The van der Waals surface area contributed by atoms with Gasteiger partial charge in [-0.05, 0) is 28.5 Å². The van der Waals surface area contributed by atoms with Gasteiger partial charge in [-0.15, -0.1) is 0 Å². The Morgan fingerprint density at radius 1 is 1.61 bits per heavy atom. The fourth-order valence-electron chi connectivity index (χ4n) is 1.89. The second-order valence-electron chi connectivity index (χ2n) is 4.06. The molecule has 96 valence electrons. The minimum Gasteiger partial charge on any atom is -0.297 e. The van der Waals surface area contributed by atoms with Crippen molar-refractivity contribution in [2.45, 2.75) is 13.0 Å². The molecule has 1 amide bonds. The van der Waals surface area contributed by atoms with Crippen LogP contribution in [0.3, 0.4) is 0 Å². The normalized spacial score (nSPS) is 28.8. The summed E-state index contributed by atoms with van der Waals surface area (Å²) in [5.74, 6) is -0.233. The molecule has 1 atom stereocenters. The van der Waals surface area contributed by atoms with Crippen LogP contribution in [0.25, 0.3) is 0 Å². The topological polar surface area (TPSA) is 57.5 Å². The van der Waals surface area contributed by atoms with E-state index in [1.807, 2.05) is 11.8 Å². The third kappa shape index (κ3) is 2.04. The summed E-state index contributed by atoms with van der Waals surface area (Å²) < 4.78 is 0. The van der Waals surface area contributed by atoms with Crippen molar-refractivity contribution in [1.29, 1.82) is 0 Å². The number of hydrogen-bond acceptors (Lipinski definition) is 6. The molecule has 0 radical (unpaired) electrons. The lowest BCUT2D eigenvalue weighted by Crippen LogP contribution is -2.26. The Hall–Kier alpha value is -0.990. The Balaban J connectivity index is 1.79. The van der Waals surface area contributed by atoms with Crippen LogP contribution >= 0.6 is 21.6 Å². The first kappa shape index (κ1) is 12.1. The molecule has 6 nitrogen and oxygen atoms in total. The highest BCUT2D eigenvalue weighted by Crippen LogP contribution is 2.38. The molecule has 0 saturated carbocycles. The molecular formula is C10H12N4O2S2. The van der Waals surface area contributed by atoms with Gasteiger partial charge in [0.05, 0.1) is 12.1 Å². The molecule has 0 spiro atoms. The summed E-state index contributed by atoms with van der Waals surface area (Å²) in [6.45, 7) is 3.43. The fourth-order valence-corrected chi connectivity index (χ4v) is 4.16. The highest BCUT2D eigenvalue weighted by molar-refractivity contribution is 8.88. The van der Waals surface area contributed by atoms with E-state index >= 15 is 0 Å². The second kappa shape index (κ2) is 4.60. The van der Waals surface area contributed by atoms with Crippen molar-refractivity contribution in [3.63, 3.8) is 0 Å². The molecule has 3 rings (SSSR count). The molecule has 0 N–H and O–H groups in total. The quantitative estimate of drug-likeness (QED) is 0.672. The van der Waals surface area contributed by atoms with Crippen molar-refractivity contribution in [2.24, 2.45) is 9.98 Å². The zero-order valence-electron chi connectivity index (χ0n) is 9.99. The zero-order chi connectivity index (χ0) is 12.7. The number of rotatable bonds is 1. The van der Waals surface area contributed by atoms with E-state index in [1.165, 1.54) is 15.9 Å². The average Bonchev–Trinajstić information content (AvgIpc) is 2.96. The van der Waals surface area contributed by atoms with Crippen molar-refractivity contribution in [3.8, 4) is 0 Å². The monoisotopic (exact) mass is 284 g/mol. The zero-order valence-corrected chi connectivity index (χ0v) is 11.6. The van der Waals surface area contributed by atoms with Gasteiger partial charge in [-0.2, -0.15) is 4.99 Å². The molecule has 0 aromatic carbocycles. The van der Waals surface area contributed by atoms with Crippen LogP contribution in [0.2, 0.25) is 0 Å². The minimum absolute atomic E-state index is 0.233. The van der Waals surface area contributed by atoms with Crippen LogP contribution in [0, 0.1) is 0 Å². The highest BCUT2D eigenvalue weighted by Gasteiger charge is 2.33. The van der Waals surface area contributed by atoms with E-state index in [1.54, 1.807) is 24.0 Å². The van der Waals surface area contributed by atoms with Gasteiger partial charge in [0.25, 0.3) is 5.91 Å². The summed E-state index contributed by atoms with van der Waals surface area (Å²) in [4.78, 5) is 27.9. The Morgan fingerprint density at radius 2 is 2.44 bits per heavy atom. The summed E-state index contributed by atoms with van der Waals surface area (Å²) in [6, 6.07) is 0. The Labute approximate surface area is 113 Å². The molecule has 0 aliphatic carbocycles. The minimum atomic E-state index is -0.238. The number of hydroxylamine groups is 2. The Bertz CT molecular complexity index is 488. The van der Waals surface area contributed by atoms with Crippen LogP contribution in [-0.2, 0) is 9.63 Å². The summed E-state index contributed by atoms with van der Waals surface area (Å²) in [5.41, 5.74) is 0.584. The van der Waals surface area contributed by atoms with Gasteiger partial charge in [0.15, 0.2) is 10.3 Å². The largest absolute Gasteiger partial charge is 0.297 e. The summed E-state index contributed by atoms with van der Waals surface area (Å²) in [6.07, 6.45) is 1.45. The number of amides is 1. The third-order valence-corrected chi connectivity index (χ3v) is 4.94. The van der Waals surface area contributed by atoms with E-state index in [0.717, 1.165) is 23.4 Å². The van der Waals surface area contributed by atoms with Gasteiger partial charge in [-0.1, -0.05) is 0 Å². The molecule has 0 aromatic heterocycles. The third-order valence-electron chi connectivity index (χ3n) is 2.75. The second-order valence-corrected chi connectivity index (χ2v) is 6.12. The lowest BCUT2D eigenvalue weighted by Gasteiger charge is -2.10.